The smallest absolute Gasteiger partial charge is 0.193 e. The number of nitrogen functional groups attached to an aromatic ring is 1. The zero-order valence-corrected chi connectivity index (χ0v) is 10.4. The number of carbonyl (C=O) groups is 1. The molecular weight excluding hydrogens is 285 g/mol. The zero-order chi connectivity index (χ0) is 12.4. The van der Waals surface area contributed by atoms with Gasteiger partial charge >= 0.3 is 0 Å². The Bertz CT molecular complexity index is 563. The van der Waals surface area contributed by atoms with E-state index in [9.17, 15) is 9.18 Å². The number of hydrogen-bond donors (Lipinski definition) is 1. The van der Waals surface area contributed by atoms with Gasteiger partial charge in [0.25, 0.3) is 0 Å². The third-order valence-corrected chi connectivity index (χ3v) is 2.73. The van der Waals surface area contributed by atoms with Gasteiger partial charge in [-0.1, -0.05) is 28.1 Å². The highest BCUT2D eigenvalue weighted by atomic mass is 79.9. The first-order valence-corrected chi connectivity index (χ1v) is 5.72. The van der Waals surface area contributed by atoms with E-state index >= 15 is 0 Å². The average Bonchev–Trinajstić information content (AvgIpc) is 2.26. The van der Waals surface area contributed by atoms with E-state index in [1.54, 1.807) is 24.3 Å². The summed E-state index contributed by atoms with van der Waals surface area (Å²) in [5.41, 5.74) is 6.87. The zero-order valence-electron chi connectivity index (χ0n) is 8.78. The Labute approximate surface area is 106 Å². The lowest BCUT2D eigenvalue weighted by molar-refractivity contribution is 0.103. The van der Waals surface area contributed by atoms with Gasteiger partial charge in [-0.25, -0.2) is 4.39 Å². The molecule has 2 aromatic rings. The van der Waals surface area contributed by atoms with Gasteiger partial charge in [-0.3, -0.25) is 4.79 Å². The molecule has 0 radical (unpaired) electrons. The molecule has 4 heteroatoms. The fourth-order valence-electron chi connectivity index (χ4n) is 1.54. The summed E-state index contributed by atoms with van der Waals surface area (Å²) in [6.07, 6.45) is 0. The van der Waals surface area contributed by atoms with Crippen molar-refractivity contribution in [3.63, 3.8) is 0 Å². The van der Waals surface area contributed by atoms with Gasteiger partial charge in [-0.05, 0) is 30.3 Å². The maximum absolute atomic E-state index is 13.0. The van der Waals surface area contributed by atoms with E-state index < -0.39 is 5.82 Å². The highest BCUT2D eigenvalue weighted by Gasteiger charge is 2.10. The monoisotopic (exact) mass is 293 g/mol. The van der Waals surface area contributed by atoms with Gasteiger partial charge in [0.05, 0.1) is 0 Å². The fourth-order valence-corrected chi connectivity index (χ4v) is 2.05. The minimum absolute atomic E-state index is 0.252. The average molecular weight is 294 g/mol. The summed E-state index contributed by atoms with van der Waals surface area (Å²) in [7, 11) is 0. The number of ketones is 1. The molecule has 2 N–H and O–H groups in total. The van der Waals surface area contributed by atoms with Gasteiger partial charge in [0.15, 0.2) is 5.78 Å². The largest absolute Gasteiger partial charge is 0.399 e. The van der Waals surface area contributed by atoms with Crippen LogP contribution in [0, 0.1) is 5.82 Å². The highest BCUT2D eigenvalue weighted by molar-refractivity contribution is 9.10. The molecular formula is C13H9BrFNO. The summed E-state index contributed by atoms with van der Waals surface area (Å²) in [6, 6.07) is 10.5. The van der Waals surface area contributed by atoms with Crippen LogP contribution in [0.25, 0.3) is 0 Å². The molecule has 17 heavy (non-hydrogen) atoms. The second kappa shape index (κ2) is 4.67. The van der Waals surface area contributed by atoms with Gasteiger partial charge < -0.3 is 5.73 Å². The Morgan fingerprint density at radius 1 is 1.12 bits per heavy atom. The van der Waals surface area contributed by atoms with E-state index in [0.29, 0.717) is 16.8 Å². The van der Waals surface area contributed by atoms with E-state index in [0.717, 1.165) is 4.47 Å². The Balaban J connectivity index is 2.43. The predicted molar refractivity (Wildman–Crippen MR) is 68.4 cm³/mol. The van der Waals surface area contributed by atoms with Crippen LogP contribution in [0.1, 0.15) is 15.9 Å². The number of rotatable bonds is 2. The lowest BCUT2D eigenvalue weighted by Crippen LogP contribution is -2.02. The van der Waals surface area contributed by atoms with Crippen molar-refractivity contribution >= 4 is 27.4 Å². The van der Waals surface area contributed by atoms with E-state index in [1.807, 2.05) is 0 Å². The van der Waals surface area contributed by atoms with Gasteiger partial charge in [0, 0.05) is 21.3 Å². The Hall–Kier alpha value is -1.68. The SMILES string of the molecule is Nc1cc(Br)cc(C(=O)c2cccc(F)c2)c1. The van der Waals surface area contributed by atoms with Crippen molar-refractivity contribution < 1.29 is 9.18 Å². The first kappa shape index (κ1) is 11.8. The van der Waals surface area contributed by atoms with Crippen LogP contribution >= 0.6 is 15.9 Å². The van der Waals surface area contributed by atoms with Crippen LogP contribution in [0.3, 0.4) is 0 Å². The molecule has 0 saturated heterocycles. The van der Waals surface area contributed by atoms with Crippen molar-refractivity contribution in [3.8, 4) is 0 Å². The Morgan fingerprint density at radius 2 is 1.88 bits per heavy atom. The summed E-state index contributed by atoms with van der Waals surface area (Å²) < 4.78 is 13.7. The fraction of sp³-hybridized carbons (Fsp3) is 0. The summed E-state index contributed by atoms with van der Waals surface area (Å²) in [5.74, 6) is -0.684. The van der Waals surface area contributed by atoms with Crippen LogP contribution in [0.15, 0.2) is 46.9 Å². The van der Waals surface area contributed by atoms with Crippen molar-refractivity contribution in [2.24, 2.45) is 0 Å². The maximum atomic E-state index is 13.0. The first-order valence-electron chi connectivity index (χ1n) is 4.92. The van der Waals surface area contributed by atoms with Crippen LogP contribution in [0.5, 0.6) is 0 Å². The summed E-state index contributed by atoms with van der Waals surface area (Å²) in [5, 5.41) is 0. The number of nitrogens with two attached hydrogens (primary N) is 1. The van der Waals surface area contributed by atoms with E-state index in [1.165, 1.54) is 18.2 Å². The van der Waals surface area contributed by atoms with Crippen LogP contribution < -0.4 is 5.73 Å². The second-order valence-corrected chi connectivity index (χ2v) is 4.53. The van der Waals surface area contributed by atoms with Crippen molar-refractivity contribution in [2.75, 3.05) is 5.73 Å². The molecule has 0 unspecified atom stereocenters. The molecule has 0 atom stereocenters. The highest BCUT2D eigenvalue weighted by Crippen LogP contribution is 2.20. The van der Waals surface area contributed by atoms with E-state index in [-0.39, 0.29) is 5.78 Å². The topological polar surface area (TPSA) is 43.1 Å². The predicted octanol–water partition coefficient (Wildman–Crippen LogP) is 3.40. The van der Waals surface area contributed by atoms with Gasteiger partial charge in [0.1, 0.15) is 5.82 Å². The number of hydrogen-bond acceptors (Lipinski definition) is 2. The molecule has 0 aliphatic carbocycles. The molecule has 2 aromatic carbocycles. The lowest BCUT2D eigenvalue weighted by Gasteiger charge is -2.03. The normalized spacial score (nSPS) is 10.2. The molecule has 2 nitrogen and oxygen atoms in total. The number of halogens is 2. The summed E-state index contributed by atoms with van der Waals surface area (Å²) in [6.45, 7) is 0. The summed E-state index contributed by atoms with van der Waals surface area (Å²) in [4.78, 5) is 12.1. The number of anilines is 1. The number of carbonyl (C=O) groups excluding carboxylic acids is 1. The van der Waals surface area contributed by atoms with E-state index in [2.05, 4.69) is 15.9 Å². The van der Waals surface area contributed by atoms with Crippen LogP contribution in [0.4, 0.5) is 10.1 Å². The number of benzene rings is 2. The Morgan fingerprint density at radius 3 is 2.53 bits per heavy atom. The quantitative estimate of drug-likeness (QED) is 0.681. The molecule has 0 amide bonds. The second-order valence-electron chi connectivity index (χ2n) is 3.61. The maximum Gasteiger partial charge on any atom is 0.193 e. The van der Waals surface area contributed by atoms with Crippen LogP contribution in [-0.4, -0.2) is 5.78 Å². The van der Waals surface area contributed by atoms with Crippen molar-refractivity contribution in [3.05, 3.63) is 63.9 Å². The van der Waals surface area contributed by atoms with Crippen molar-refractivity contribution in [1.29, 1.82) is 0 Å². The van der Waals surface area contributed by atoms with Crippen LogP contribution in [0.2, 0.25) is 0 Å². The molecule has 0 aliphatic heterocycles. The molecule has 2 rings (SSSR count). The molecule has 0 saturated carbocycles. The minimum atomic E-state index is -0.432. The van der Waals surface area contributed by atoms with Gasteiger partial charge in [-0.2, -0.15) is 0 Å². The molecule has 0 fully saturated rings. The van der Waals surface area contributed by atoms with E-state index in [4.69, 9.17) is 5.73 Å². The third kappa shape index (κ3) is 2.71. The minimum Gasteiger partial charge on any atom is -0.399 e. The third-order valence-electron chi connectivity index (χ3n) is 2.27. The first-order chi connectivity index (χ1) is 8.06. The molecule has 0 aromatic heterocycles. The molecule has 86 valence electrons. The van der Waals surface area contributed by atoms with Crippen LogP contribution in [-0.2, 0) is 0 Å². The van der Waals surface area contributed by atoms with Crippen molar-refractivity contribution in [1.82, 2.24) is 0 Å². The summed E-state index contributed by atoms with van der Waals surface area (Å²) >= 11 is 3.26. The molecule has 0 aliphatic rings. The lowest BCUT2D eigenvalue weighted by atomic mass is 10.0. The Kier molecular flexibility index (Phi) is 3.24. The molecule has 0 bridgehead atoms. The van der Waals surface area contributed by atoms with Gasteiger partial charge in [-0.15, -0.1) is 0 Å². The van der Waals surface area contributed by atoms with Gasteiger partial charge in [0.2, 0.25) is 0 Å². The standard InChI is InChI=1S/C13H9BrFNO/c14-10-4-9(6-12(16)7-10)13(17)8-2-1-3-11(15)5-8/h1-7H,16H2. The van der Waals surface area contributed by atoms with Crippen molar-refractivity contribution in [2.45, 2.75) is 0 Å². The molecule has 0 spiro atoms. The molecule has 0 heterocycles.